The van der Waals surface area contributed by atoms with Crippen molar-refractivity contribution in [2.75, 3.05) is 0 Å². The number of hydrogen-bond acceptors (Lipinski definition) is 3. The van der Waals surface area contributed by atoms with Crippen LogP contribution in [-0.4, -0.2) is 13.4 Å². The van der Waals surface area contributed by atoms with Crippen molar-refractivity contribution in [3.8, 4) is 0 Å². The van der Waals surface area contributed by atoms with Gasteiger partial charge in [0.1, 0.15) is 0 Å². The monoisotopic (exact) mass is 197 g/mol. The topological polar surface area (TPSA) is 47.0 Å². The van der Waals surface area contributed by atoms with Crippen molar-refractivity contribution < 1.29 is 21.1 Å². The van der Waals surface area contributed by atoms with Crippen LogP contribution in [0.1, 0.15) is 0 Å². The van der Waals surface area contributed by atoms with Crippen molar-refractivity contribution in [1.82, 2.24) is 4.98 Å². The summed E-state index contributed by atoms with van der Waals surface area (Å²) in [7, 11) is -5.35. The number of rotatable bonds is 1. The smallest absolute Gasteiger partial charge is 0.259 e. The van der Waals surface area contributed by atoms with E-state index < -0.39 is 26.8 Å². The minimum absolute atomic E-state index is 0.412. The first-order valence-electron chi connectivity index (χ1n) is 2.66. The highest BCUT2D eigenvalue weighted by Crippen LogP contribution is 2.18. The Bertz CT molecular complexity index is 383. The van der Waals surface area contributed by atoms with Crippen LogP contribution in [0.2, 0.25) is 0 Å². The Morgan fingerprint density at radius 3 is 1.83 bits per heavy atom. The minimum atomic E-state index is -5.35. The molecule has 0 N–H and O–H groups in total. The largest absolute Gasteiger partial charge is 0.338 e. The first-order valence-corrected chi connectivity index (χ1v) is 4.05. The maximum Gasteiger partial charge on any atom is 0.338 e. The molecule has 0 aliphatic rings. The second-order valence-corrected chi connectivity index (χ2v) is 3.15. The van der Waals surface area contributed by atoms with Crippen molar-refractivity contribution in [2.45, 2.75) is 4.90 Å². The maximum atomic E-state index is 12.4. The zero-order valence-corrected chi connectivity index (χ0v) is 6.28. The Morgan fingerprint density at radius 2 is 1.58 bits per heavy atom. The van der Waals surface area contributed by atoms with Crippen molar-refractivity contribution in [3.63, 3.8) is 0 Å². The fraction of sp³-hybridized carbons (Fsp3) is 0. The van der Waals surface area contributed by atoms with Gasteiger partial charge in [0, 0.05) is 0 Å². The predicted molar refractivity (Wildman–Crippen MR) is 32.4 cm³/mol. The number of hydrogen-bond donors (Lipinski definition) is 0. The van der Waals surface area contributed by atoms with E-state index >= 15 is 0 Å². The molecule has 0 aliphatic carbocycles. The fourth-order valence-electron chi connectivity index (χ4n) is 0.632. The molecule has 1 aromatic rings. The third-order valence-electron chi connectivity index (χ3n) is 1.05. The van der Waals surface area contributed by atoms with Crippen LogP contribution in [0.4, 0.5) is 12.7 Å². The summed E-state index contributed by atoms with van der Waals surface area (Å²) in [6, 6.07) is 0. The van der Waals surface area contributed by atoms with Gasteiger partial charge in [-0.15, -0.1) is 3.89 Å². The molecule has 12 heavy (non-hydrogen) atoms. The summed E-state index contributed by atoms with van der Waals surface area (Å²) in [5.41, 5.74) is 0. The van der Waals surface area contributed by atoms with Gasteiger partial charge < -0.3 is 0 Å². The SMILES string of the molecule is O=S(=O)(F)c1c(F)cncc1F. The molecule has 0 aromatic carbocycles. The summed E-state index contributed by atoms with van der Waals surface area (Å²) in [4.78, 5) is 1.38. The minimum Gasteiger partial charge on any atom is -0.259 e. The van der Waals surface area contributed by atoms with E-state index in [1.807, 2.05) is 0 Å². The summed E-state index contributed by atoms with van der Waals surface area (Å²) in [5.74, 6) is -3.09. The number of halogens is 3. The van der Waals surface area contributed by atoms with Gasteiger partial charge in [-0.3, -0.25) is 4.98 Å². The van der Waals surface area contributed by atoms with Crippen molar-refractivity contribution in [1.29, 1.82) is 0 Å². The molecule has 0 radical (unpaired) electrons. The third kappa shape index (κ3) is 1.55. The second-order valence-electron chi connectivity index (χ2n) is 1.87. The van der Waals surface area contributed by atoms with E-state index in [0.29, 0.717) is 12.4 Å². The van der Waals surface area contributed by atoms with Crippen LogP contribution < -0.4 is 0 Å². The molecule has 0 aliphatic heterocycles. The van der Waals surface area contributed by atoms with Crippen LogP contribution >= 0.6 is 0 Å². The normalized spacial score (nSPS) is 11.6. The first kappa shape index (κ1) is 8.98. The molecular weight excluding hydrogens is 195 g/mol. The zero-order valence-electron chi connectivity index (χ0n) is 5.46. The van der Waals surface area contributed by atoms with Crippen LogP contribution in [0.3, 0.4) is 0 Å². The Balaban J connectivity index is 3.53. The van der Waals surface area contributed by atoms with Crippen LogP contribution in [0.5, 0.6) is 0 Å². The lowest BCUT2D eigenvalue weighted by molar-refractivity contribution is 0.494. The lowest BCUT2D eigenvalue weighted by Crippen LogP contribution is -2.01. The van der Waals surface area contributed by atoms with E-state index in [1.54, 1.807) is 0 Å². The summed E-state index contributed by atoms with van der Waals surface area (Å²) in [6.07, 6.45) is 0.824. The lowest BCUT2D eigenvalue weighted by atomic mass is 10.5. The predicted octanol–water partition coefficient (Wildman–Crippen LogP) is 1.02. The Morgan fingerprint density at radius 1 is 1.17 bits per heavy atom. The van der Waals surface area contributed by atoms with Crippen molar-refractivity contribution in [3.05, 3.63) is 24.0 Å². The first-order chi connectivity index (χ1) is 5.43. The van der Waals surface area contributed by atoms with E-state index in [0.717, 1.165) is 0 Å². The van der Waals surface area contributed by atoms with Gasteiger partial charge >= 0.3 is 10.2 Å². The molecule has 0 amide bonds. The highest BCUT2D eigenvalue weighted by Gasteiger charge is 2.23. The van der Waals surface area contributed by atoms with Crippen molar-refractivity contribution >= 4 is 10.2 Å². The highest BCUT2D eigenvalue weighted by atomic mass is 32.3. The number of aromatic nitrogens is 1. The summed E-state index contributed by atoms with van der Waals surface area (Å²) in [6.45, 7) is 0. The molecule has 3 nitrogen and oxygen atoms in total. The van der Waals surface area contributed by atoms with Crippen LogP contribution in [0, 0.1) is 11.6 Å². The van der Waals surface area contributed by atoms with E-state index in [2.05, 4.69) is 4.98 Å². The molecule has 0 saturated carbocycles. The van der Waals surface area contributed by atoms with Crippen LogP contribution in [0.15, 0.2) is 17.3 Å². The van der Waals surface area contributed by atoms with Gasteiger partial charge in [0.05, 0.1) is 12.4 Å². The Hall–Kier alpha value is -1.11. The van der Waals surface area contributed by atoms with Gasteiger partial charge in [-0.25, -0.2) is 8.78 Å². The lowest BCUT2D eigenvalue weighted by Gasteiger charge is -1.96. The average molecular weight is 197 g/mol. The second kappa shape index (κ2) is 2.74. The molecule has 0 atom stereocenters. The highest BCUT2D eigenvalue weighted by molar-refractivity contribution is 7.86. The molecule has 0 spiro atoms. The summed E-state index contributed by atoms with van der Waals surface area (Å²) in [5, 5.41) is 0. The quantitative estimate of drug-likeness (QED) is 0.631. The molecule has 0 fully saturated rings. The van der Waals surface area contributed by atoms with Gasteiger partial charge in [-0.05, 0) is 0 Å². The average Bonchev–Trinajstić information content (AvgIpc) is 1.82. The molecular formula is C5H2F3NO2S. The molecule has 7 heteroatoms. The fourth-order valence-corrected chi connectivity index (χ4v) is 1.20. The molecule has 1 rings (SSSR count). The van der Waals surface area contributed by atoms with Crippen molar-refractivity contribution in [2.24, 2.45) is 0 Å². The molecule has 1 aromatic heterocycles. The Kier molecular flexibility index (Phi) is 2.05. The zero-order chi connectivity index (χ0) is 9.35. The van der Waals surface area contributed by atoms with E-state index in [9.17, 15) is 21.1 Å². The van der Waals surface area contributed by atoms with Gasteiger partial charge in [-0.1, -0.05) is 0 Å². The van der Waals surface area contributed by atoms with Gasteiger partial charge in [-0.2, -0.15) is 8.42 Å². The number of nitrogens with zero attached hydrogens (tertiary/aromatic N) is 1. The Labute approximate surface area is 66.1 Å². The van der Waals surface area contributed by atoms with E-state index in [1.165, 1.54) is 0 Å². The van der Waals surface area contributed by atoms with Crippen LogP contribution in [0.25, 0.3) is 0 Å². The third-order valence-corrected chi connectivity index (χ3v) is 1.93. The number of pyridine rings is 1. The molecule has 0 unspecified atom stereocenters. The van der Waals surface area contributed by atoms with Gasteiger partial charge in [0.15, 0.2) is 16.5 Å². The maximum absolute atomic E-state index is 12.4. The van der Waals surface area contributed by atoms with E-state index in [4.69, 9.17) is 0 Å². The van der Waals surface area contributed by atoms with Gasteiger partial charge in [0.2, 0.25) is 0 Å². The standard InChI is InChI=1S/C5H2F3NO2S/c6-3-1-9-2-4(7)5(3)12(8,10)11/h1-2H. The molecule has 0 bridgehead atoms. The van der Waals surface area contributed by atoms with E-state index in [-0.39, 0.29) is 0 Å². The molecule has 0 saturated heterocycles. The van der Waals surface area contributed by atoms with Gasteiger partial charge in [0.25, 0.3) is 0 Å². The van der Waals surface area contributed by atoms with Crippen LogP contribution in [-0.2, 0) is 10.2 Å². The molecule has 1 heterocycles. The summed E-state index contributed by atoms with van der Waals surface area (Å²) >= 11 is 0. The summed E-state index contributed by atoms with van der Waals surface area (Å²) < 4.78 is 57.2. The molecule has 66 valence electrons.